The summed E-state index contributed by atoms with van der Waals surface area (Å²) in [4.78, 5) is 8.37. The first kappa shape index (κ1) is 19.6. The largest absolute Gasteiger partial charge is 0.370 e. The van der Waals surface area contributed by atoms with Crippen LogP contribution in [0, 0.1) is 0 Å². The van der Waals surface area contributed by atoms with Crippen molar-refractivity contribution in [2.24, 2.45) is 16.5 Å². The molecular formula is C20H17Cl3N6. The summed E-state index contributed by atoms with van der Waals surface area (Å²) in [7, 11) is 0. The van der Waals surface area contributed by atoms with Gasteiger partial charge in [-0.15, -0.1) is 0 Å². The average molecular weight is 448 g/mol. The second kappa shape index (κ2) is 7.99. The maximum Gasteiger partial charge on any atom is 0.185 e. The lowest BCUT2D eigenvalue weighted by molar-refractivity contribution is 0.757. The molecular weight excluding hydrogens is 431 g/mol. The van der Waals surface area contributed by atoms with Gasteiger partial charge in [-0.05, 0) is 30.3 Å². The Labute approximate surface area is 182 Å². The van der Waals surface area contributed by atoms with E-state index in [0.717, 1.165) is 27.5 Å². The van der Waals surface area contributed by atoms with Gasteiger partial charge < -0.3 is 21.4 Å². The number of halogens is 3. The highest BCUT2D eigenvalue weighted by molar-refractivity contribution is 6.42. The summed E-state index contributed by atoms with van der Waals surface area (Å²) in [5.41, 5.74) is 13.9. The number of pyridine rings is 1. The summed E-state index contributed by atoms with van der Waals surface area (Å²) in [5, 5.41) is 6.94. The number of hydrogen-bond donors (Lipinski definition) is 3. The van der Waals surface area contributed by atoms with Crippen LogP contribution >= 0.6 is 34.8 Å². The molecule has 0 saturated heterocycles. The Kier molecular flexibility index (Phi) is 5.41. The lowest BCUT2D eigenvalue weighted by Crippen LogP contribution is -2.23. The summed E-state index contributed by atoms with van der Waals surface area (Å²) >= 11 is 18.3. The zero-order valence-electron chi connectivity index (χ0n) is 15.2. The Morgan fingerprint density at radius 3 is 2.55 bits per heavy atom. The standard InChI is InChI=1S/C20H17Cl3N6/c21-11-1-4-17-14(7-11)13-3-2-12(28-19-9-15(22)16(23)10-27-19)8-18(13)29(17)6-5-26-20(24)25/h1-4,7-10H,5-6H2,(H,27,28)(H4,24,25,26). The molecule has 0 unspecified atom stereocenters. The van der Waals surface area contributed by atoms with Crippen molar-refractivity contribution in [3.63, 3.8) is 0 Å². The monoisotopic (exact) mass is 446 g/mol. The molecule has 0 spiro atoms. The predicted octanol–water partition coefficient (Wildman–Crippen LogP) is 5.17. The Morgan fingerprint density at radius 2 is 1.79 bits per heavy atom. The molecule has 0 radical (unpaired) electrons. The van der Waals surface area contributed by atoms with E-state index in [2.05, 4.69) is 19.9 Å². The van der Waals surface area contributed by atoms with Crippen molar-refractivity contribution in [2.45, 2.75) is 6.54 Å². The number of fused-ring (bicyclic) bond motifs is 3. The Bertz CT molecular complexity index is 1240. The highest BCUT2D eigenvalue weighted by Crippen LogP contribution is 2.33. The van der Waals surface area contributed by atoms with E-state index in [1.165, 1.54) is 6.20 Å². The third-order valence-corrected chi connectivity index (χ3v) is 5.47. The van der Waals surface area contributed by atoms with Gasteiger partial charge in [0.25, 0.3) is 0 Å². The van der Waals surface area contributed by atoms with E-state index in [1.807, 2.05) is 36.4 Å². The fourth-order valence-electron chi connectivity index (χ4n) is 3.30. The minimum Gasteiger partial charge on any atom is -0.370 e. The molecule has 6 nitrogen and oxygen atoms in total. The van der Waals surface area contributed by atoms with Crippen LogP contribution in [0.25, 0.3) is 21.8 Å². The Balaban J connectivity index is 1.80. The van der Waals surface area contributed by atoms with Gasteiger partial charge in [0.05, 0.1) is 22.1 Å². The van der Waals surface area contributed by atoms with E-state index in [-0.39, 0.29) is 5.96 Å². The van der Waals surface area contributed by atoms with Crippen LogP contribution in [0.1, 0.15) is 0 Å². The third-order valence-electron chi connectivity index (χ3n) is 4.53. The maximum atomic E-state index is 6.23. The zero-order chi connectivity index (χ0) is 20.5. The van der Waals surface area contributed by atoms with Gasteiger partial charge in [0, 0.05) is 45.8 Å². The van der Waals surface area contributed by atoms with Crippen LogP contribution in [0.3, 0.4) is 0 Å². The second-order valence-corrected chi connectivity index (χ2v) is 7.71. The molecule has 0 aliphatic rings. The molecule has 0 atom stereocenters. The molecule has 0 amide bonds. The highest BCUT2D eigenvalue weighted by Gasteiger charge is 2.12. The topological polar surface area (TPSA) is 94.3 Å². The smallest absolute Gasteiger partial charge is 0.185 e. The van der Waals surface area contributed by atoms with Crippen LogP contribution in [0.15, 0.2) is 53.7 Å². The van der Waals surface area contributed by atoms with Gasteiger partial charge in [0.2, 0.25) is 0 Å². The number of rotatable bonds is 5. The molecule has 0 fully saturated rings. The molecule has 9 heteroatoms. The molecule has 2 aromatic heterocycles. The zero-order valence-corrected chi connectivity index (χ0v) is 17.4. The first-order valence-corrected chi connectivity index (χ1v) is 9.91. The van der Waals surface area contributed by atoms with E-state index in [9.17, 15) is 0 Å². The van der Waals surface area contributed by atoms with Crippen LogP contribution < -0.4 is 16.8 Å². The number of anilines is 2. The van der Waals surface area contributed by atoms with Crippen molar-refractivity contribution in [1.29, 1.82) is 0 Å². The summed E-state index contributed by atoms with van der Waals surface area (Å²) in [6.45, 7) is 1.09. The SMILES string of the molecule is NC(N)=NCCn1c2ccc(Cl)cc2c2ccc(Nc3cc(Cl)c(Cl)cn3)cc21. The van der Waals surface area contributed by atoms with Crippen LogP contribution in [-0.2, 0) is 6.54 Å². The molecule has 148 valence electrons. The lowest BCUT2D eigenvalue weighted by atomic mass is 10.1. The van der Waals surface area contributed by atoms with Crippen molar-refractivity contribution in [3.8, 4) is 0 Å². The number of nitrogens with one attached hydrogen (secondary N) is 1. The summed E-state index contributed by atoms with van der Waals surface area (Å²) in [6, 6.07) is 13.6. The molecule has 2 aromatic carbocycles. The number of benzene rings is 2. The number of aliphatic imine (C=N–C) groups is 1. The molecule has 5 N–H and O–H groups in total. The van der Waals surface area contributed by atoms with Gasteiger partial charge in [0.1, 0.15) is 5.82 Å². The lowest BCUT2D eigenvalue weighted by Gasteiger charge is -2.09. The van der Waals surface area contributed by atoms with Crippen molar-refractivity contribution >= 4 is 74.1 Å². The maximum absolute atomic E-state index is 6.23. The van der Waals surface area contributed by atoms with Crippen LogP contribution in [0.5, 0.6) is 0 Å². The van der Waals surface area contributed by atoms with Crippen molar-refractivity contribution < 1.29 is 0 Å². The van der Waals surface area contributed by atoms with Gasteiger partial charge in [-0.1, -0.05) is 40.9 Å². The molecule has 0 bridgehead atoms. The Hall–Kier alpha value is -2.67. The third kappa shape index (κ3) is 4.05. The summed E-state index contributed by atoms with van der Waals surface area (Å²) < 4.78 is 2.17. The van der Waals surface area contributed by atoms with Crippen molar-refractivity contribution in [3.05, 3.63) is 63.7 Å². The number of aromatic nitrogens is 2. The Morgan fingerprint density at radius 1 is 0.966 bits per heavy atom. The highest BCUT2D eigenvalue weighted by atomic mass is 35.5. The van der Waals surface area contributed by atoms with Gasteiger partial charge in [0.15, 0.2) is 5.96 Å². The van der Waals surface area contributed by atoms with Crippen molar-refractivity contribution in [2.75, 3.05) is 11.9 Å². The van der Waals surface area contributed by atoms with E-state index < -0.39 is 0 Å². The quantitative estimate of drug-likeness (QED) is 0.291. The fourth-order valence-corrected chi connectivity index (χ4v) is 3.73. The van der Waals surface area contributed by atoms with Gasteiger partial charge in [-0.25, -0.2) is 4.98 Å². The number of guanidine groups is 1. The molecule has 2 heterocycles. The van der Waals surface area contributed by atoms with Gasteiger partial charge in [-0.3, -0.25) is 4.99 Å². The minimum absolute atomic E-state index is 0.0712. The molecule has 4 aromatic rings. The van der Waals surface area contributed by atoms with Crippen LogP contribution in [-0.4, -0.2) is 22.1 Å². The van der Waals surface area contributed by atoms with E-state index in [0.29, 0.717) is 34.0 Å². The first-order chi connectivity index (χ1) is 13.9. The van der Waals surface area contributed by atoms with Crippen LogP contribution in [0.2, 0.25) is 15.1 Å². The molecule has 0 aliphatic carbocycles. The van der Waals surface area contributed by atoms with Crippen LogP contribution in [0.4, 0.5) is 11.5 Å². The second-order valence-electron chi connectivity index (χ2n) is 6.46. The summed E-state index contributed by atoms with van der Waals surface area (Å²) in [6.07, 6.45) is 1.51. The normalized spacial score (nSPS) is 11.1. The molecule has 0 aliphatic heterocycles. The molecule has 29 heavy (non-hydrogen) atoms. The predicted molar refractivity (Wildman–Crippen MR) is 123 cm³/mol. The van der Waals surface area contributed by atoms with E-state index >= 15 is 0 Å². The fraction of sp³-hybridized carbons (Fsp3) is 0.100. The van der Waals surface area contributed by atoms with Gasteiger partial charge >= 0.3 is 0 Å². The number of hydrogen-bond acceptors (Lipinski definition) is 3. The molecule has 0 saturated carbocycles. The first-order valence-electron chi connectivity index (χ1n) is 8.77. The average Bonchev–Trinajstić information content (AvgIpc) is 2.97. The summed E-state index contributed by atoms with van der Waals surface area (Å²) in [5.74, 6) is 0.673. The number of nitrogens with two attached hydrogens (primary N) is 2. The van der Waals surface area contributed by atoms with E-state index in [1.54, 1.807) is 6.07 Å². The van der Waals surface area contributed by atoms with Gasteiger partial charge in [-0.2, -0.15) is 0 Å². The molecule has 4 rings (SSSR count). The van der Waals surface area contributed by atoms with Crippen molar-refractivity contribution in [1.82, 2.24) is 9.55 Å². The minimum atomic E-state index is 0.0712. The number of nitrogens with zero attached hydrogens (tertiary/aromatic N) is 3. The van der Waals surface area contributed by atoms with E-state index in [4.69, 9.17) is 46.3 Å².